The zero-order chi connectivity index (χ0) is 20.5. The zero-order valence-electron chi connectivity index (χ0n) is 18.5. The number of carbonyl (C=O) groups is 1. The van der Waals surface area contributed by atoms with E-state index in [2.05, 4.69) is 27.4 Å². The predicted molar refractivity (Wildman–Crippen MR) is 117 cm³/mol. The van der Waals surface area contributed by atoms with Crippen LogP contribution < -0.4 is 10.6 Å². The molecule has 2 N–H and O–H groups in total. The number of nitrogens with zero attached hydrogens (tertiary/aromatic N) is 3. The van der Waals surface area contributed by atoms with Gasteiger partial charge in [0.1, 0.15) is 0 Å². The average Bonchev–Trinajstić information content (AvgIpc) is 2.78. The molecule has 1 amide bonds. The van der Waals surface area contributed by atoms with Gasteiger partial charge in [-0.2, -0.15) is 0 Å². The van der Waals surface area contributed by atoms with E-state index in [1.165, 1.54) is 32.1 Å². The molecule has 0 aromatic heterocycles. The van der Waals surface area contributed by atoms with Crippen LogP contribution in [0.4, 0.5) is 0 Å². The van der Waals surface area contributed by atoms with Gasteiger partial charge in [-0.15, -0.1) is 0 Å². The quantitative estimate of drug-likeness (QED) is 0.519. The Balaban J connectivity index is 1.63. The molecule has 0 radical (unpaired) electrons. The normalized spacial score (nSPS) is 24.3. The predicted octanol–water partition coefficient (Wildman–Crippen LogP) is 1.84. The van der Waals surface area contributed by atoms with Crippen molar-refractivity contribution >= 4 is 11.9 Å². The number of aliphatic imine (C=N–C) groups is 1. The molecule has 0 atom stereocenters. The van der Waals surface area contributed by atoms with E-state index in [1.54, 1.807) is 7.05 Å². The maximum absolute atomic E-state index is 11.7. The molecule has 7 heteroatoms. The SMILES string of the molecule is CCNC(=NCC1(N2CCOCC2)CCCCC1)N1CCC(CC(=O)NC)CC1. The van der Waals surface area contributed by atoms with Crippen molar-refractivity contribution in [3.05, 3.63) is 0 Å². The molecular formula is C22H41N5O2. The van der Waals surface area contributed by atoms with Gasteiger partial charge in [0, 0.05) is 51.7 Å². The highest BCUT2D eigenvalue weighted by atomic mass is 16.5. The number of likely N-dealkylation sites (tertiary alicyclic amines) is 1. The van der Waals surface area contributed by atoms with Gasteiger partial charge >= 0.3 is 0 Å². The van der Waals surface area contributed by atoms with Crippen LogP contribution in [0.3, 0.4) is 0 Å². The molecule has 0 aromatic carbocycles. The molecule has 1 aliphatic carbocycles. The molecule has 0 unspecified atom stereocenters. The minimum atomic E-state index is 0.161. The first-order chi connectivity index (χ1) is 14.2. The van der Waals surface area contributed by atoms with Gasteiger partial charge in [-0.05, 0) is 38.5 Å². The van der Waals surface area contributed by atoms with Crippen LogP contribution in [0.2, 0.25) is 0 Å². The number of piperidine rings is 1. The Morgan fingerprint density at radius 3 is 2.41 bits per heavy atom. The Labute approximate surface area is 176 Å². The van der Waals surface area contributed by atoms with Crippen molar-refractivity contribution in [1.82, 2.24) is 20.4 Å². The van der Waals surface area contributed by atoms with Gasteiger partial charge in [0.25, 0.3) is 0 Å². The minimum absolute atomic E-state index is 0.161. The Morgan fingerprint density at radius 2 is 1.79 bits per heavy atom. The number of rotatable bonds is 6. The number of amides is 1. The number of morpholine rings is 1. The lowest BCUT2D eigenvalue weighted by atomic mass is 9.80. The fraction of sp³-hybridized carbons (Fsp3) is 0.909. The summed E-state index contributed by atoms with van der Waals surface area (Å²) in [5.41, 5.74) is 0.209. The smallest absolute Gasteiger partial charge is 0.220 e. The maximum Gasteiger partial charge on any atom is 0.220 e. The van der Waals surface area contributed by atoms with Crippen molar-refractivity contribution in [2.24, 2.45) is 10.9 Å². The monoisotopic (exact) mass is 407 g/mol. The van der Waals surface area contributed by atoms with Gasteiger partial charge in [-0.1, -0.05) is 19.3 Å². The summed E-state index contributed by atoms with van der Waals surface area (Å²) in [7, 11) is 1.73. The van der Waals surface area contributed by atoms with Crippen molar-refractivity contribution < 1.29 is 9.53 Å². The van der Waals surface area contributed by atoms with Crippen LogP contribution in [0.5, 0.6) is 0 Å². The fourth-order valence-electron chi connectivity index (χ4n) is 5.18. The van der Waals surface area contributed by atoms with Crippen LogP contribution in [0.15, 0.2) is 4.99 Å². The zero-order valence-corrected chi connectivity index (χ0v) is 18.5. The molecule has 0 aromatic rings. The van der Waals surface area contributed by atoms with Crippen molar-refractivity contribution in [3.63, 3.8) is 0 Å². The van der Waals surface area contributed by atoms with Gasteiger partial charge in [-0.3, -0.25) is 14.7 Å². The number of guanidine groups is 1. The summed E-state index contributed by atoms with van der Waals surface area (Å²) in [4.78, 5) is 21.9. The highest BCUT2D eigenvalue weighted by Crippen LogP contribution is 2.34. The van der Waals surface area contributed by atoms with Crippen molar-refractivity contribution in [2.75, 3.05) is 59.5 Å². The molecule has 0 bridgehead atoms. The Hall–Kier alpha value is -1.34. The molecule has 2 heterocycles. The molecule has 29 heavy (non-hydrogen) atoms. The van der Waals surface area contributed by atoms with E-state index in [9.17, 15) is 4.79 Å². The van der Waals surface area contributed by atoms with Gasteiger partial charge in [0.15, 0.2) is 5.96 Å². The number of hydrogen-bond acceptors (Lipinski definition) is 4. The second-order valence-electron chi connectivity index (χ2n) is 8.86. The fourth-order valence-corrected chi connectivity index (χ4v) is 5.18. The highest BCUT2D eigenvalue weighted by molar-refractivity contribution is 5.80. The van der Waals surface area contributed by atoms with Crippen LogP contribution in [0, 0.1) is 5.92 Å². The molecule has 3 fully saturated rings. The maximum atomic E-state index is 11.7. The summed E-state index contributed by atoms with van der Waals surface area (Å²) in [6.45, 7) is 9.67. The van der Waals surface area contributed by atoms with Gasteiger partial charge in [0.05, 0.1) is 19.8 Å². The summed E-state index contributed by atoms with van der Waals surface area (Å²) in [5.74, 6) is 1.71. The third kappa shape index (κ3) is 6.07. The van der Waals surface area contributed by atoms with Crippen molar-refractivity contribution in [3.8, 4) is 0 Å². The third-order valence-electron chi connectivity index (χ3n) is 6.99. The van der Waals surface area contributed by atoms with Crippen LogP contribution >= 0.6 is 0 Å². The van der Waals surface area contributed by atoms with Crippen molar-refractivity contribution in [2.45, 2.75) is 63.8 Å². The summed E-state index contributed by atoms with van der Waals surface area (Å²) in [6.07, 6.45) is 9.27. The first-order valence-electron chi connectivity index (χ1n) is 11.7. The van der Waals surface area contributed by atoms with Crippen LogP contribution in [-0.2, 0) is 9.53 Å². The highest BCUT2D eigenvalue weighted by Gasteiger charge is 2.38. The van der Waals surface area contributed by atoms with Gasteiger partial charge in [0.2, 0.25) is 5.91 Å². The molecular weight excluding hydrogens is 366 g/mol. The molecule has 166 valence electrons. The minimum Gasteiger partial charge on any atom is -0.379 e. The van der Waals surface area contributed by atoms with Crippen molar-refractivity contribution in [1.29, 1.82) is 0 Å². The lowest BCUT2D eigenvalue weighted by Gasteiger charge is -2.47. The van der Waals surface area contributed by atoms with E-state index in [1.807, 2.05) is 0 Å². The van der Waals surface area contributed by atoms with Crippen LogP contribution in [0.25, 0.3) is 0 Å². The number of ether oxygens (including phenoxy) is 1. The largest absolute Gasteiger partial charge is 0.379 e. The summed E-state index contributed by atoms with van der Waals surface area (Å²) >= 11 is 0. The average molecular weight is 408 g/mol. The van der Waals surface area contributed by atoms with Gasteiger partial charge in [-0.25, -0.2) is 0 Å². The molecule has 2 saturated heterocycles. The van der Waals surface area contributed by atoms with Crippen LogP contribution in [-0.4, -0.2) is 86.7 Å². The molecule has 2 aliphatic heterocycles. The van der Waals surface area contributed by atoms with E-state index in [4.69, 9.17) is 9.73 Å². The Kier molecular flexibility index (Phi) is 8.60. The van der Waals surface area contributed by atoms with E-state index in [0.717, 1.165) is 71.3 Å². The van der Waals surface area contributed by atoms with E-state index in [-0.39, 0.29) is 11.4 Å². The van der Waals surface area contributed by atoms with E-state index < -0.39 is 0 Å². The second kappa shape index (κ2) is 11.2. The number of hydrogen-bond donors (Lipinski definition) is 2. The summed E-state index contributed by atoms with van der Waals surface area (Å²) < 4.78 is 5.61. The lowest BCUT2D eigenvalue weighted by Crippen LogP contribution is -2.57. The molecule has 0 spiro atoms. The lowest BCUT2D eigenvalue weighted by molar-refractivity contribution is -0.121. The second-order valence-corrected chi connectivity index (χ2v) is 8.86. The Bertz CT molecular complexity index is 533. The molecule has 1 saturated carbocycles. The Morgan fingerprint density at radius 1 is 1.10 bits per heavy atom. The molecule has 7 nitrogen and oxygen atoms in total. The summed E-state index contributed by atoms with van der Waals surface area (Å²) in [6, 6.07) is 0. The number of nitrogens with one attached hydrogen (secondary N) is 2. The topological polar surface area (TPSA) is 69.2 Å². The molecule has 3 rings (SSSR count). The van der Waals surface area contributed by atoms with E-state index >= 15 is 0 Å². The van der Waals surface area contributed by atoms with Gasteiger partial charge < -0.3 is 20.3 Å². The van der Waals surface area contributed by atoms with E-state index in [0.29, 0.717) is 12.3 Å². The number of carbonyl (C=O) groups excluding carboxylic acids is 1. The third-order valence-corrected chi connectivity index (χ3v) is 6.99. The van der Waals surface area contributed by atoms with Crippen LogP contribution in [0.1, 0.15) is 58.3 Å². The standard InChI is InChI=1S/C22H41N5O2/c1-3-24-21(26-11-7-19(8-12-26)17-20(28)23-2)25-18-22(9-5-4-6-10-22)27-13-15-29-16-14-27/h19H,3-18H2,1-2H3,(H,23,28)(H,24,25). The first-order valence-corrected chi connectivity index (χ1v) is 11.7. The summed E-state index contributed by atoms with van der Waals surface area (Å²) in [5, 5.41) is 6.29. The molecule has 3 aliphatic rings. The first kappa shape index (κ1) is 22.3.